The van der Waals surface area contributed by atoms with Crippen LogP contribution in [0.1, 0.15) is 41.3 Å². The van der Waals surface area contributed by atoms with Gasteiger partial charge in [0.15, 0.2) is 0 Å². The monoisotopic (exact) mass is 660 g/mol. The van der Waals surface area contributed by atoms with Crippen LogP contribution in [0.25, 0.3) is 0 Å². The highest BCUT2D eigenvalue weighted by Gasteiger charge is 2.28. The molecule has 2 atom stereocenters. The highest BCUT2D eigenvalue weighted by molar-refractivity contribution is 7.92. The van der Waals surface area contributed by atoms with E-state index in [1.54, 1.807) is 31.4 Å². The summed E-state index contributed by atoms with van der Waals surface area (Å²) in [7, 11) is -1.88. The fraction of sp³-hybridized carbons (Fsp3) is 0.375. The molecule has 11 nitrogen and oxygen atoms in total. The van der Waals surface area contributed by atoms with Crippen molar-refractivity contribution in [3.05, 3.63) is 88.4 Å². The van der Waals surface area contributed by atoms with Gasteiger partial charge in [0.25, 0.3) is 12.4 Å². The largest absolute Gasteiger partial charge is 0.497 e. The number of aliphatic hydroxyl groups excluding tert-OH is 1. The van der Waals surface area contributed by atoms with Crippen LogP contribution in [0.15, 0.2) is 66.7 Å². The Bertz CT molecular complexity index is 1510. The number of carbonyl (C=O) groups is 2. The maximum atomic E-state index is 13.6. The molecule has 0 unspecified atom stereocenters. The van der Waals surface area contributed by atoms with Crippen molar-refractivity contribution in [2.75, 3.05) is 42.1 Å². The van der Waals surface area contributed by atoms with Gasteiger partial charge in [-0.1, -0.05) is 41.9 Å². The molecule has 244 valence electrons. The van der Waals surface area contributed by atoms with Gasteiger partial charge >= 0.3 is 0 Å². The van der Waals surface area contributed by atoms with Gasteiger partial charge in [0.05, 0.1) is 30.7 Å². The molecule has 0 saturated carbocycles. The molecule has 1 fully saturated rings. The molecular formula is C32H41ClN4O7S. The van der Waals surface area contributed by atoms with Crippen molar-refractivity contribution in [2.45, 2.75) is 44.9 Å². The van der Waals surface area contributed by atoms with E-state index in [1.807, 2.05) is 49.4 Å². The number of halogens is 1. The first kappa shape index (κ1) is 35.6. The normalized spacial score (nSPS) is 15.2. The summed E-state index contributed by atoms with van der Waals surface area (Å²) in [4.78, 5) is 22.0. The molecule has 0 aromatic heterocycles. The fourth-order valence-electron chi connectivity index (χ4n) is 5.02. The molecule has 0 aliphatic carbocycles. The Morgan fingerprint density at radius 2 is 1.82 bits per heavy atom. The molecule has 5 N–H and O–H groups in total. The lowest BCUT2D eigenvalue weighted by molar-refractivity contribution is -0.122. The van der Waals surface area contributed by atoms with Gasteiger partial charge in [0.2, 0.25) is 10.0 Å². The summed E-state index contributed by atoms with van der Waals surface area (Å²) < 4.78 is 32.3. The number of carboxylic acid groups (broad SMARTS) is 1. The lowest BCUT2D eigenvalue weighted by Crippen LogP contribution is -2.48. The highest BCUT2D eigenvalue weighted by Crippen LogP contribution is 2.28. The van der Waals surface area contributed by atoms with Crippen molar-refractivity contribution in [3.8, 4) is 5.75 Å². The van der Waals surface area contributed by atoms with Crippen molar-refractivity contribution in [3.63, 3.8) is 0 Å². The van der Waals surface area contributed by atoms with Crippen LogP contribution in [0.3, 0.4) is 0 Å². The number of sulfonamides is 1. The number of rotatable bonds is 13. The molecule has 13 heteroatoms. The Kier molecular flexibility index (Phi) is 13.9. The van der Waals surface area contributed by atoms with Gasteiger partial charge in [-0.05, 0) is 73.7 Å². The highest BCUT2D eigenvalue weighted by atomic mass is 35.5. The number of ether oxygens (including phenoxy) is 1. The minimum Gasteiger partial charge on any atom is -0.497 e. The molecule has 1 heterocycles. The first-order valence-electron chi connectivity index (χ1n) is 14.6. The average Bonchev–Trinajstić information content (AvgIpc) is 3.01. The number of nitrogens with one attached hydrogen (secondary N) is 3. The molecule has 1 amide bonds. The standard InChI is InChI=1S/C31H39ClN4O5S.CH2O2/c1-3-34-26-16-24(17-27(19-26)36-11-7-8-12-42(36,39)40)31(38)35-29(15-22-9-5-4-6-10-22)30(37)21-33-20-23-13-25(32)18-28(14-23)41-2;2-1-3/h4-6,9-10,13-14,16-19,29-30,33-34,37H,3,7-8,11-12,15,20-21H2,1-2H3,(H,35,38);1H,(H,2,3)/t29-,30+;/m0./s1. The van der Waals surface area contributed by atoms with Crippen molar-refractivity contribution < 1.29 is 33.0 Å². The number of hydrogen-bond donors (Lipinski definition) is 5. The van der Waals surface area contributed by atoms with Crippen LogP contribution in [0, 0.1) is 0 Å². The average molecular weight is 661 g/mol. The molecule has 4 rings (SSSR count). The molecule has 3 aromatic rings. The van der Waals surface area contributed by atoms with Gasteiger partial charge in [0.1, 0.15) is 5.75 Å². The van der Waals surface area contributed by atoms with Crippen molar-refractivity contribution in [1.82, 2.24) is 10.6 Å². The Balaban J connectivity index is 0.00000177. The minimum atomic E-state index is -3.46. The van der Waals surface area contributed by atoms with E-state index >= 15 is 0 Å². The Labute approximate surface area is 269 Å². The molecule has 0 radical (unpaired) electrons. The lowest BCUT2D eigenvalue weighted by Gasteiger charge is -2.29. The van der Waals surface area contributed by atoms with E-state index in [4.69, 9.17) is 26.2 Å². The van der Waals surface area contributed by atoms with Crippen LogP contribution in [0.4, 0.5) is 11.4 Å². The summed E-state index contributed by atoms with van der Waals surface area (Å²) in [5, 5.41) is 28.1. The third-order valence-corrected chi connectivity index (χ3v) is 9.21. The molecule has 1 aliphatic heterocycles. The van der Waals surface area contributed by atoms with Crippen LogP contribution in [0.2, 0.25) is 5.02 Å². The third kappa shape index (κ3) is 10.9. The van der Waals surface area contributed by atoms with Gasteiger partial charge in [-0.2, -0.15) is 0 Å². The summed E-state index contributed by atoms with van der Waals surface area (Å²) in [6.45, 7) is 3.32. The maximum absolute atomic E-state index is 13.6. The lowest BCUT2D eigenvalue weighted by atomic mass is 10.00. The second-order valence-corrected chi connectivity index (χ2v) is 12.9. The van der Waals surface area contributed by atoms with Crippen LogP contribution in [-0.4, -0.2) is 75.7 Å². The number of carbonyl (C=O) groups excluding carboxylic acids is 1. The molecule has 0 spiro atoms. The van der Waals surface area contributed by atoms with E-state index in [2.05, 4.69) is 16.0 Å². The van der Waals surface area contributed by atoms with Gasteiger partial charge in [-0.25, -0.2) is 8.42 Å². The second kappa shape index (κ2) is 17.6. The Hall–Kier alpha value is -3.84. The third-order valence-electron chi connectivity index (χ3n) is 7.13. The fourth-order valence-corrected chi connectivity index (χ4v) is 6.89. The van der Waals surface area contributed by atoms with Crippen LogP contribution in [-0.2, 0) is 27.8 Å². The molecular weight excluding hydrogens is 620 g/mol. The van der Waals surface area contributed by atoms with Gasteiger partial charge in [0, 0.05) is 42.5 Å². The van der Waals surface area contributed by atoms with E-state index in [0.717, 1.165) is 17.5 Å². The van der Waals surface area contributed by atoms with Gasteiger partial charge < -0.3 is 30.9 Å². The van der Waals surface area contributed by atoms with E-state index in [0.29, 0.717) is 60.2 Å². The van der Waals surface area contributed by atoms with Crippen molar-refractivity contribution in [2.24, 2.45) is 0 Å². The molecule has 0 bridgehead atoms. The predicted octanol–water partition coefficient (Wildman–Crippen LogP) is 3.90. The van der Waals surface area contributed by atoms with Crippen molar-refractivity contribution >= 4 is 45.4 Å². The number of hydrogen-bond acceptors (Lipinski definition) is 8. The first-order chi connectivity index (χ1) is 21.6. The summed E-state index contributed by atoms with van der Waals surface area (Å²) in [6, 6.07) is 19.5. The Morgan fingerprint density at radius 1 is 1.09 bits per heavy atom. The Morgan fingerprint density at radius 3 is 2.49 bits per heavy atom. The van der Waals surface area contributed by atoms with Crippen LogP contribution >= 0.6 is 11.6 Å². The van der Waals surface area contributed by atoms with Gasteiger partial charge in [-0.15, -0.1) is 0 Å². The summed E-state index contributed by atoms with van der Waals surface area (Å²) >= 11 is 6.19. The zero-order valence-electron chi connectivity index (χ0n) is 25.4. The number of benzene rings is 3. The summed E-state index contributed by atoms with van der Waals surface area (Å²) in [5.74, 6) is 0.329. The number of aliphatic hydroxyl groups is 1. The van der Waals surface area contributed by atoms with E-state index < -0.39 is 28.1 Å². The number of anilines is 2. The zero-order chi connectivity index (χ0) is 32.8. The van der Waals surface area contributed by atoms with Gasteiger partial charge in [-0.3, -0.25) is 13.9 Å². The molecule has 45 heavy (non-hydrogen) atoms. The maximum Gasteiger partial charge on any atom is 0.290 e. The first-order valence-corrected chi connectivity index (χ1v) is 16.6. The molecule has 3 aromatic carbocycles. The summed E-state index contributed by atoms with van der Waals surface area (Å²) in [5.41, 5.74) is 3.28. The molecule has 1 saturated heterocycles. The van der Waals surface area contributed by atoms with E-state index in [1.165, 1.54) is 4.31 Å². The second-order valence-electron chi connectivity index (χ2n) is 10.5. The smallest absolute Gasteiger partial charge is 0.290 e. The van der Waals surface area contributed by atoms with Crippen LogP contribution < -0.4 is 25.0 Å². The quantitative estimate of drug-likeness (QED) is 0.172. The number of amides is 1. The minimum absolute atomic E-state index is 0.0836. The number of nitrogens with zero attached hydrogens (tertiary/aromatic N) is 1. The van der Waals surface area contributed by atoms with Crippen LogP contribution in [0.5, 0.6) is 5.75 Å². The predicted molar refractivity (Wildman–Crippen MR) is 177 cm³/mol. The van der Waals surface area contributed by atoms with E-state index in [9.17, 15) is 18.3 Å². The topological polar surface area (TPSA) is 157 Å². The molecule has 1 aliphatic rings. The number of methoxy groups -OCH3 is 1. The van der Waals surface area contributed by atoms with E-state index in [-0.39, 0.29) is 18.8 Å². The summed E-state index contributed by atoms with van der Waals surface area (Å²) in [6.07, 6.45) is 0.860. The SMILES string of the molecule is CCNc1cc(C(=O)N[C@@H](Cc2ccccc2)[C@H](O)CNCc2cc(Cl)cc(OC)c2)cc(N2CCCCS2(=O)=O)c1.O=CO. The zero-order valence-corrected chi connectivity index (χ0v) is 27.0. The van der Waals surface area contributed by atoms with Crippen molar-refractivity contribution in [1.29, 1.82) is 0 Å².